The molecule has 1 rings (SSSR count). The van der Waals surface area contributed by atoms with E-state index in [1.807, 2.05) is 0 Å². The number of nitrogen functional groups attached to an aromatic ring is 1. The first-order valence-electron chi connectivity index (χ1n) is 4.99. The molecule has 0 amide bonds. The summed E-state index contributed by atoms with van der Waals surface area (Å²) in [5.41, 5.74) is 5.78. The van der Waals surface area contributed by atoms with Crippen LogP contribution < -0.4 is 10.5 Å². The molecular weight excluding hydrogens is 228 g/mol. The van der Waals surface area contributed by atoms with Gasteiger partial charge in [-0.3, -0.25) is 0 Å². The third-order valence-electron chi connectivity index (χ3n) is 2.24. The SMILES string of the molecule is CC[C@@H](CO)NS(=O)(=O)c1ccccc1N. The van der Waals surface area contributed by atoms with E-state index in [4.69, 9.17) is 10.8 Å². The van der Waals surface area contributed by atoms with Gasteiger partial charge in [-0.1, -0.05) is 19.1 Å². The van der Waals surface area contributed by atoms with Crippen LogP contribution in [0.5, 0.6) is 0 Å². The number of para-hydroxylation sites is 1. The highest BCUT2D eigenvalue weighted by atomic mass is 32.2. The van der Waals surface area contributed by atoms with Crippen molar-refractivity contribution in [3.05, 3.63) is 24.3 Å². The van der Waals surface area contributed by atoms with Crippen molar-refractivity contribution in [2.45, 2.75) is 24.3 Å². The quantitative estimate of drug-likeness (QED) is 0.650. The third-order valence-corrected chi connectivity index (χ3v) is 3.84. The van der Waals surface area contributed by atoms with Gasteiger partial charge < -0.3 is 10.8 Å². The minimum atomic E-state index is -3.65. The molecule has 90 valence electrons. The van der Waals surface area contributed by atoms with Crippen molar-refractivity contribution in [3.8, 4) is 0 Å². The van der Waals surface area contributed by atoms with Crippen LogP contribution in [0.15, 0.2) is 29.2 Å². The normalized spacial score (nSPS) is 13.6. The molecule has 0 bridgehead atoms. The maximum Gasteiger partial charge on any atom is 0.242 e. The molecular formula is C10H16N2O3S. The maximum atomic E-state index is 11.9. The minimum absolute atomic E-state index is 0.0434. The van der Waals surface area contributed by atoms with Crippen LogP contribution in [0.4, 0.5) is 5.69 Å². The molecule has 0 aliphatic heterocycles. The van der Waals surface area contributed by atoms with E-state index in [1.54, 1.807) is 19.1 Å². The first-order valence-corrected chi connectivity index (χ1v) is 6.47. The van der Waals surface area contributed by atoms with Gasteiger partial charge in [0.1, 0.15) is 4.90 Å². The molecule has 0 aliphatic rings. The lowest BCUT2D eigenvalue weighted by molar-refractivity contribution is 0.254. The van der Waals surface area contributed by atoms with Crippen LogP contribution in [0.3, 0.4) is 0 Å². The van der Waals surface area contributed by atoms with Crippen molar-refractivity contribution >= 4 is 15.7 Å². The van der Waals surface area contributed by atoms with Gasteiger partial charge in [-0.05, 0) is 18.6 Å². The standard InChI is InChI=1S/C10H16N2O3S/c1-2-8(7-13)12-16(14,15)10-6-4-3-5-9(10)11/h3-6,8,12-13H,2,7,11H2,1H3/t8-/m0/s1. The second-order valence-corrected chi connectivity index (χ2v) is 5.13. The Kier molecular flexibility index (Phi) is 4.28. The van der Waals surface area contributed by atoms with E-state index in [2.05, 4.69) is 4.72 Å². The Balaban J connectivity index is 2.99. The molecule has 16 heavy (non-hydrogen) atoms. The van der Waals surface area contributed by atoms with Gasteiger partial charge in [0.05, 0.1) is 12.3 Å². The molecule has 0 saturated heterocycles. The van der Waals surface area contributed by atoms with Crippen LogP contribution in [0.25, 0.3) is 0 Å². The smallest absolute Gasteiger partial charge is 0.242 e. The highest BCUT2D eigenvalue weighted by molar-refractivity contribution is 7.89. The molecule has 0 saturated carbocycles. The van der Waals surface area contributed by atoms with Gasteiger partial charge in [0, 0.05) is 6.04 Å². The predicted molar refractivity (Wildman–Crippen MR) is 62.3 cm³/mol. The summed E-state index contributed by atoms with van der Waals surface area (Å²) in [6.45, 7) is 1.56. The van der Waals surface area contributed by atoms with Crippen LogP contribution >= 0.6 is 0 Å². The van der Waals surface area contributed by atoms with Crippen LogP contribution in [-0.2, 0) is 10.0 Å². The zero-order chi connectivity index (χ0) is 12.2. The number of aliphatic hydroxyl groups is 1. The topological polar surface area (TPSA) is 92.4 Å². The Morgan fingerprint density at radius 1 is 1.44 bits per heavy atom. The van der Waals surface area contributed by atoms with Gasteiger partial charge in [-0.25, -0.2) is 13.1 Å². The van der Waals surface area contributed by atoms with Gasteiger partial charge in [0.25, 0.3) is 0 Å². The van der Waals surface area contributed by atoms with Gasteiger partial charge in [0.15, 0.2) is 0 Å². The van der Waals surface area contributed by atoms with Crippen molar-refractivity contribution < 1.29 is 13.5 Å². The summed E-state index contributed by atoms with van der Waals surface area (Å²) in [6.07, 6.45) is 0.516. The second-order valence-electron chi connectivity index (χ2n) is 3.45. The zero-order valence-electron chi connectivity index (χ0n) is 9.05. The van der Waals surface area contributed by atoms with E-state index in [1.165, 1.54) is 12.1 Å². The Morgan fingerprint density at radius 3 is 2.56 bits per heavy atom. The first-order chi connectivity index (χ1) is 7.51. The summed E-state index contributed by atoms with van der Waals surface area (Å²) in [5, 5.41) is 8.95. The Labute approximate surface area is 95.3 Å². The van der Waals surface area contributed by atoms with Gasteiger partial charge in [0.2, 0.25) is 10.0 Å². The highest BCUT2D eigenvalue weighted by Crippen LogP contribution is 2.17. The number of rotatable bonds is 5. The van der Waals surface area contributed by atoms with Crippen molar-refractivity contribution in [3.63, 3.8) is 0 Å². The lowest BCUT2D eigenvalue weighted by Gasteiger charge is -2.15. The number of aliphatic hydroxyl groups excluding tert-OH is 1. The molecule has 0 unspecified atom stereocenters. The molecule has 0 aromatic heterocycles. The fourth-order valence-corrected chi connectivity index (χ4v) is 2.70. The maximum absolute atomic E-state index is 11.9. The number of hydrogen-bond donors (Lipinski definition) is 3. The monoisotopic (exact) mass is 244 g/mol. The summed E-state index contributed by atoms with van der Waals surface area (Å²) >= 11 is 0. The van der Waals surface area contributed by atoms with E-state index in [-0.39, 0.29) is 17.2 Å². The molecule has 1 atom stereocenters. The summed E-state index contributed by atoms with van der Waals surface area (Å²) in [5.74, 6) is 0. The zero-order valence-corrected chi connectivity index (χ0v) is 9.87. The third kappa shape index (κ3) is 2.94. The highest BCUT2D eigenvalue weighted by Gasteiger charge is 2.20. The number of anilines is 1. The van der Waals surface area contributed by atoms with E-state index in [0.717, 1.165) is 0 Å². The van der Waals surface area contributed by atoms with Crippen LogP contribution in [0, 0.1) is 0 Å². The average molecular weight is 244 g/mol. The Hall–Kier alpha value is -1.11. The van der Waals surface area contributed by atoms with E-state index in [0.29, 0.717) is 6.42 Å². The number of hydrogen-bond acceptors (Lipinski definition) is 4. The second kappa shape index (κ2) is 5.29. The number of benzene rings is 1. The van der Waals surface area contributed by atoms with E-state index >= 15 is 0 Å². The lowest BCUT2D eigenvalue weighted by atomic mass is 10.3. The van der Waals surface area contributed by atoms with Crippen LogP contribution in [0.1, 0.15) is 13.3 Å². The summed E-state index contributed by atoms with van der Waals surface area (Å²) < 4.78 is 26.2. The lowest BCUT2D eigenvalue weighted by Crippen LogP contribution is -2.37. The Bertz CT molecular complexity index is 441. The molecule has 4 N–H and O–H groups in total. The molecule has 0 spiro atoms. The Morgan fingerprint density at radius 2 is 2.06 bits per heavy atom. The van der Waals surface area contributed by atoms with Crippen molar-refractivity contribution in [1.82, 2.24) is 4.72 Å². The molecule has 0 aliphatic carbocycles. The van der Waals surface area contributed by atoms with Gasteiger partial charge in [-0.2, -0.15) is 0 Å². The molecule has 0 heterocycles. The van der Waals surface area contributed by atoms with E-state index in [9.17, 15) is 8.42 Å². The minimum Gasteiger partial charge on any atom is -0.398 e. The van der Waals surface area contributed by atoms with Crippen molar-refractivity contribution in [1.29, 1.82) is 0 Å². The predicted octanol–water partition coefficient (Wildman–Crippen LogP) is 0.318. The molecule has 5 nitrogen and oxygen atoms in total. The van der Waals surface area contributed by atoms with Crippen LogP contribution in [-0.4, -0.2) is 26.2 Å². The molecule has 0 radical (unpaired) electrons. The molecule has 1 aromatic carbocycles. The van der Waals surface area contributed by atoms with Gasteiger partial charge >= 0.3 is 0 Å². The fraction of sp³-hybridized carbons (Fsp3) is 0.400. The molecule has 6 heteroatoms. The van der Waals surface area contributed by atoms with E-state index < -0.39 is 16.1 Å². The number of nitrogens with one attached hydrogen (secondary N) is 1. The summed E-state index contributed by atoms with van der Waals surface area (Å²) in [6, 6.07) is 5.74. The van der Waals surface area contributed by atoms with Crippen molar-refractivity contribution in [2.24, 2.45) is 0 Å². The molecule has 0 fully saturated rings. The fourth-order valence-electron chi connectivity index (χ4n) is 1.26. The average Bonchev–Trinajstić information content (AvgIpc) is 2.26. The van der Waals surface area contributed by atoms with Crippen molar-refractivity contribution in [2.75, 3.05) is 12.3 Å². The number of sulfonamides is 1. The summed E-state index contributed by atoms with van der Waals surface area (Å²) in [4.78, 5) is 0.0434. The van der Waals surface area contributed by atoms with Gasteiger partial charge in [-0.15, -0.1) is 0 Å². The number of nitrogens with two attached hydrogens (primary N) is 1. The first kappa shape index (κ1) is 13.0. The largest absolute Gasteiger partial charge is 0.398 e. The van der Waals surface area contributed by atoms with Crippen LogP contribution in [0.2, 0.25) is 0 Å². The molecule has 1 aromatic rings. The summed E-state index contributed by atoms with van der Waals surface area (Å²) in [7, 11) is -3.65.